The van der Waals surface area contributed by atoms with Gasteiger partial charge in [0.25, 0.3) is 5.91 Å². The number of nitrogens with zero attached hydrogens (tertiary/aromatic N) is 1. The van der Waals surface area contributed by atoms with Crippen molar-refractivity contribution in [3.05, 3.63) is 30.1 Å². The van der Waals surface area contributed by atoms with Crippen LogP contribution >= 0.6 is 0 Å². The lowest BCUT2D eigenvalue weighted by Crippen LogP contribution is -3.00. The van der Waals surface area contributed by atoms with Gasteiger partial charge in [-0.3, -0.25) is 14.6 Å². The quantitative estimate of drug-likeness (QED) is 0.360. The van der Waals surface area contributed by atoms with Crippen molar-refractivity contribution in [3.63, 3.8) is 0 Å². The average molecular weight is 342 g/mol. The summed E-state index contributed by atoms with van der Waals surface area (Å²) in [4.78, 5) is 27.0. The molecule has 0 bridgehead atoms. The first kappa shape index (κ1) is 21.4. The van der Waals surface area contributed by atoms with Crippen molar-refractivity contribution in [2.24, 2.45) is 0 Å². The highest BCUT2D eigenvalue weighted by Crippen LogP contribution is 2.08. The Balaban J connectivity index is 0.00000484. The van der Waals surface area contributed by atoms with Crippen LogP contribution in [0.15, 0.2) is 24.5 Å². The number of carbonyl (C=O) groups is 2. The zero-order valence-electron chi connectivity index (χ0n) is 13.7. The second-order valence-electron chi connectivity index (χ2n) is 5.28. The maximum absolute atomic E-state index is 11.7. The lowest BCUT2D eigenvalue weighted by atomic mass is 10.1. The minimum atomic E-state index is -0.295. The molecule has 0 spiro atoms. The first-order valence-corrected chi connectivity index (χ1v) is 8.08. The average Bonchev–Trinajstić information content (AvgIpc) is 2.54. The molecular weight excluding hydrogens is 316 g/mol. The molecule has 1 rings (SSSR count). The Labute approximate surface area is 144 Å². The molecular formula is C17H26ClN2O3-. The predicted octanol–water partition coefficient (Wildman–Crippen LogP) is 0.457. The SMILES string of the molecule is CCCCCCCCCC(=O)OCNC(=O)c1cccnc1.[Cl-]. The number of hydrogen-bond acceptors (Lipinski definition) is 4. The normalized spacial score (nSPS) is 9.78. The van der Waals surface area contributed by atoms with E-state index in [1.165, 1.54) is 38.3 Å². The standard InChI is InChI=1S/C17H26N2O3.ClH/c1-2-3-4-5-6-7-8-11-16(20)22-14-19-17(21)15-10-9-12-18-13-15;/h9-10,12-13H,2-8,11,14H2,1H3,(H,19,21);1H/p-1. The number of rotatable bonds is 11. The van der Waals surface area contributed by atoms with Gasteiger partial charge in [-0.25, -0.2) is 0 Å². The summed E-state index contributed by atoms with van der Waals surface area (Å²) in [6, 6.07) is 3.34. The van der Waals surface area contributed by atoms with E-state index >= 15 is 0 Å². The molecule has 0 unspecified atom stereocenters. The monoisotopic (exact) mass is 341 g/mol. The fourth-order valence-corrected chi connectivity index (χ4v) is 2.08. The van der Waals surface area contributed by atoms with Crippen molar-refractivity contribution in [2.45, 2.75) is 58.3 Å². The number of pyridine rings is 1. The van der Waals surface area contributed by atoms with Crippen LogP contribution < -0.4 is 17.7 Å². The highest BCUT2D eigenvalue weighted by molar-refractivity contribution is 5.93. The maximum atomic E-state index is 11.7. The van der Waals surface area contributed by atoms with Crippen LogP contribution in [0.5, 0.6) is 0 Å². The second-order valence-corrected chi connectivity index (χ2v) is 5.28. The molecule has 0 fully saturated rings. The number of hydrogen-bond donors (Lipinski definition) is 1. The van der Waals surface area contributed by atoms with E-state index in [0.29, 0.717) is 12.0 Å². The van der Waals surface area contributed by atoms with Gasteiger partial charge in [0.15, 0.2) is 6.73 Å². The molecule has 0 aliphatic carbocycles. The first-order chi connectivity index (χ1) is 10.7. The maximum Gasteiger partial charge on any atom is 0.307 e. The summed E-state index contributed by atoms with van der Waals surface area (Å²) in [6.07, 6.45) is 11.6. The zero-order valence-corrected chi connectivity index (χ0v) is 14.5. The molecule has 0 saturated heterocycles. The third-order valence-corrected chi connectivity index (χ3v) is 3.37. The van der Waals surface area contributed by atoms with Gasteiger partial charge in [0.05, 0.1) is 5.56 Å². The summed E-state index contributed by atoms with van der Waals surface area (Å²) in [7, 11) is 0. The Morgan fingerprint density at radius 3 is 2.48 bits per heavy atom. The number of aromatic nitrogens is 1. The van der Waals surface area contributed by atoms with Crippen molar-refractivity contribution < 1.29 is 26.7 Å². The Morgan fingerprint density at radius 2 is 1.83 bits per heavy atom. The first-order valence-electron chi connectivity index (χ1n) is 8.08. The molecule has 130 valence electrons. The van der Waals surface area contributed by atoms with E-state index in [-0.39, 0.29) is 31.0 Å². The number of esters is 1. The van der Waals surface area contributed by atoms with Gasteiger partial charge in [-0.2, -0.15) is 0 Å². The third kappa shape index (κ3) is 10.7. The molecule has 1 aromatic rings. The van der Waals surface area contributed by atoms with Crippen molar-refractivity contribution in [1.82, 2.24) is 10.3 Å². The summed E-state index contributed by atoms with van der Waals surface area (Å²) in [5.41, 5.74) is 0.450. The summed E-state index contributed by atoms with van der Waals surface area (Å²) in [5, 5.41) is 2.53. The number of nitrogens with one attached hydrogen (secondary N) is 1. The van der Waals surface area contributed by atoms with E-state index in [4.69, 9.17) is 4.74 Å². The van der Waals surface area contributed by atoms with Crippen LogP contribution in [0.4, 0.5) is 0 Å². The van der Waals surface area contributed by atoms with E-state index in [0.717, 1.165) is 12.8 Å². The van der Waals surface area contributed by atoms with Crippen LogP contribution in [0, 0.1) is 0 Å². The number of ether oxygens (including phenoxy) is 1. The molecule has 0 radical (unpaired) electrons. The molecule has 0 atom stereocenters. The molecule has 0 aromatic carbocycles. The minimum Gasteiger partial charge on any atom is -1.00 e. The lowest BCUT2D eigenvalue weighted by Gasteiger charge is -2.06. The predicted molar refractivity (Wildman–Crippen MR) is 85.3 cm³/mol. The van der Waals surface area contributed by atoms with E-state index < -0.39 is 0 Å². The van der Waals surface area contributed by atoms with Crippen molar-refractivity contribution >= 4 is 11.9 Å². The van der Waals surface area contributed by atoms with E-state index in [2.05, 4.69) is 17.2 Å². The molecule has 1 aromatic heterocycles. The Morgan fingerprint density at radius 1 is 1.13 bits per heavy atom. The Hall–Kier alpha value is -1.62. The smallest absolute Gasteiger partial charge is 0.307 e. The van der Waals surface area contributed by atoms with Crippen molar-refractivity contribution in [1.29, 1.82) is 0 Å². The molecule has 1 amide bonds. The van der Waals surface area contributed by atoms with Gasteiger partial charge >= 0.3 is 5.97 Å². The van der Waals surface area contributed by atoms with Crippen LogP contribution in [0.3, 0.4) is 0 Å². The van der Waals surface area contributed by atoms with Crippen molar-refractivity contribution in [2.75, 3.05) is 6.73 Å². The van der Waals surface area contributed by atoms with Crippen LogP contribution in [0.1, 0.15) is 68.6 Å². The summed E-state index contributed by atoms with van der Waals surface area (Å²) < 4.78 is 4.99. The highest BCUT2D eigenvalue weighted by atomic mass is 35.5. The topological polar surface area (TPSA) is 68.3 Å². The molecule has 0 aliphatic heterocycles. The third-order valence-electron chi connectivity index (χ3n) is 3.37. The lowest BCUT2D eigenvalue weighted by molar-refractivity contribution is -0.144. The highest BCUT2D eigenvalue weighted by Gasteiger charge is 2.06. The zero-order chi connectivity index (χ0) is 16.0. The van der Waals surface area contributed by atoms with Gasteiger partial charge in [-0.1, -0.05) is 45.4 Å². The van der Waals surface area contributed by atoms with Crippen molar-refractivity contribution in [3.8, 4) is 0 Å². The van der Waals surface area contributed by atoms with E-state index in [9.17, 15) is 9.59 Å². The molecule has 6 heteroatoms. The van der Waals surface area contributed by atoms with E-state index in [1.54, 1.807) is 18.3 Å². The number of unbranched alkanes of at least 4 members (excludes halogenated alkanes) is 6. The molecule has 5 nitrogen and oxygen atoms in total. The fourth-order valence-electron chi connectivity index (χ4n) is 2.08. The van der Waals surface area contributed by atoms with Crippen LogP contribution in [-0.4, -0.2) is 23.6 Å². The van der Waals surface area contributed by atoms with Crippen LogP contribution in [0.25, 0.3) is 0 Å². The molecule has 1 N–H and O–H groups in total. The van der Waals surface area contributed by atoms with Crippen LogP contribution in [0.2, 0.25) is 0 Å². The molecule has 0 saturated carbocycles. The van der Waals surface area contributed by atoms with Gasteiger partial charge in [0.1, 0.15) is 0 Å². The second kappa shape index (κ2) is 14.0. The van der Waals surface area contributed by atoms with Gasteiger partial charge in [0.2, 0.25) is 0 Å². The Kier molecular flexibility index (Phi) is 13.0. The van der Waals surface area contributed by atoms with Gasteiger partial charge < -0.3 is 22.5 Å². The fraction of sp³-hybridized carbons (Fsp3) is 0.588. The summed E-state index contributed by atoms with van der Waals surface area (Å²) >= 11 is 0. The minimum absolute atomic E-state index is 0. The Bertz CT molecular complexity index is 441. The molecule has 23 heavy (non-hydrogen) atoms. The van der Waals surface area contributed by atoms with Gasteiger partial charge in [0, 0.05) is 18.8 Å². The van der Waals surface area contributed by atoms with Gasteiger partial charge in [-0.05, 0) is 18.6 Å². The summed E-state index contributed by atoms with van der Waals surface area (Å²) in [6.45, 7) is 2.10. The van der Waals surface area contributed by atoms with Gasteiger partial charge in [-0.15, -0.1) is 0 Å². The summed E-state index contributed by atoms with van der Waals surface area (Å²) in [5.74, 6) is -0.558. The number of carbonyl (C=O) groups excluding carboxylic acids is 2. The largest absolute Gasteiger partial charge is 1.00 e. The molecule has 0 aliphatic rings. The number of amides is 1. The van der Waals surface area contributed by atoms with E-state index in [1.807, 2.05) is 0 Å². The molecule has 1 heterocycles. The number of halogens is 1. The van der Waals surface area contributed by atoms with Crippen LogP contribution in [-0.2, 0) is 9.53 Å².